The molecule has 1 saturated heterocycles. The molecule has 0 bridgehead atoms. The number of nitrogens with zero attached hydrogens (tertiary/aromatic N) is 1. The Kier molecular flexibility index (Phi) is 5.42. The predicted octanol–water partition coefficient (Wildman–Crippen LogP) is 0.430. The first-order valence-electron chi connectivity index (χ1n) is 7.19. The summed E-state index contributed by atoms with van der Waals surface area (Å²) in [6.07, 6.45) is 0.508. The third kappa shape index (κ3) is 4.99. The van der Waals surface area contributed by atoms with E-state index in [1.807, 2.05) is 36.2 Å². The smallest absolute Gasteiger partial charge is 0.234 e. The number of likely N-dealkylation sites (N-methyl/N-ethyl adjacent to an activating group) is 1. The summed E-state index contributed by atoms with van der Waals surface area (Å²) in [5.74, 6) is 0.856. The first-order valence-corrected chi connectivity index (χ1v) is 9.01. The number of hydrogen-bond acceptors (Lipinski definition) is 5. The number of hydrogen-bond donors (Lipinski definition) is 1. The Morgan fingerprint density at radius 1 is 1.45 bits per heavy atom. The van der Waals surface area contributed by atoms with E-state index in [1.54, 1.807) is 7.11 Å². The third-order valence-electron chi connectivity index (χ3n) is 3.60. The second-order valence-corrected chi connectivity index (χ2v) is 7.92. The Bertz CT molecular complexity index is 630. The van der Waals surface area contributed by atoms with Crippen molar-refractivity contribution in [2.24, 2.45) is 0 Å². The van der Waals surface area contributed by atoms with Crippen LogP contribution in [0.25, 0.3) is 0 Å². The molecule has 1 unspecified atom stereocenters. The molecule has 1 aromatic rings. The third-order valence-corrected chi connectivity index (χ3v) is 5.37. The minimum Gasteiger partial charge on any atom is -0.497 e. The quantitative estimate of drug-likeness (QED) is 0.820. The van der Waals surface area contributed by atoms with Crippen LogP contribution in [0, 0.1) is 0 Å². The summed E-state index contributed by atoms with van der Waals surface area (Å²) in [4.78, 5) is 13.8. The Hall–Kier alpha value is -1.60. The number of methoxy groups -OCH3 is 1. The molecule has 0 radical (unpaired) electrons. The van der Waals surface area contributed by atoms with Gasteiger partial charge in [-0.25, -0.2) is 8.42 Å². The van der Waals surface area contributed by atoms with Gasteiger partial charge < -0.3 is 10.1 Å². The van der Waals surface area contributed by atoms with Gasteiger partial charge in [0.2, 0.25) is 5.91 Å². The Labute approximate surface area is 131 Å². The molecule has 2 rings (SSSR count). The molecule has 1 amide bonds. The number of benzene rings is 1. The maximum atomic E-state index is 12.0. The lowest BCUT2D eigenvalue weighted by molar-refractivity contribution is -0.122. The Morgan fingerprint density at radius 3 is 2.86 bits per heavy atom. The number of nitrogens with one attached hydrogen (secondary N) is 1. The van der Waals surface area contributed by atoms with E-state index in [0.717, 1.165) is 11.3 Å². The van der Waals surface area contributed by atoms with Crippen LogP contribution in [0.4, 0.5) is 0 Å². The minimum absolute atomic E-state index is 0.0539. The van der Waals surface area contributed by atoms with Crippen LogP contribution in [0.15, 0.2) is 24.3 Å². The highest BCUT2D eigenvalue weighted by Crippen LogP contribution is 2.14. The standard InChI is InChI=1S/C15H22N2O4S/c1-17(9-12-4-3-5-14(8-12)21-2)10-15(18)16-13-6-7-22(19,20)11-13/h3-5,8,13H,6-7,9-11H2,1-2H3,(H,16,18). The highest BCUT2D eigenvalue weighted by atomic mass is 32.2. The van der Waals surface area contributed by atoms with Gasteiger partial charge in [0, 0.05) is 12.6 Å². The Morgan fingerprint density at radius 2 is 2.23 bits per heavy atom. The summed E-state index contributed by atoms with van der Waals surface area (Å²) in [5, 5.41) is 2.79. The number of carbonyl (C=O) groups excluding carboxylic acids is 1. The van der Waals surface area contributed by atoms with Crippen LogP contribution in [0.5, 0.6) is 5.75 Å². The minimum atomic E-state index is -2.97. The number of amides is 1. The van der Waals surface area contributed by atoms with Crippen LogP contribution < -0.4 is 10.1 Å². The predicted molar refractivity (Wildman–Crippen MR) is 84.5 cm³/mol. The molecular formula is C15H22N2O4S. The van der Waals surface area contributed by atoms with Crippen molar-refractivity contribution >= 4 is 15.7 Å². The molecule has 22 heavy (non-hydrogen) atoms. The molecule has 1 fully saturated rings. The fourth-order valence-electron chi connectivity index (χ4n) is 2.57. The van der Waals surface area contributed by atoms with E-state index in [9.17, 15) is 13.2 Å². The van der Waals surface area contributed by atoms with Crippen molar-refractivity contribution in [2.75, 3.05) is 32.2 Å². The molecule has 1 aliphatic rings. The van der Waals surface area contributed by atoms with Gasteiger partial charge in [0.15, 0.2) is 9.84 Å². The molecule has 0 aromatic heterocycles. The molecule has 122 valence electrons. The highest BCUT2D eigenvalue weighted by molar-refractivity contribution is 7.91. The van der Waals surface area contributed by atoms with Crippen molar-refractivity contribution in [3.8, 4) is 5.75 Å². The summed E-state index contributed by atoms with van der Waals surface area (Å²) >= 11 is 0. The lowest BCUT2D eigenvalue weighted by atomic mass is 10.2. The molecule has 1 N–H and O–H groups in total. The molecule has 0 spiro atoms. The second kappa shape index (κ2) is 7.11. The van der Waals surface area contributed by atoms with E-state index in [0.29, 0.717) is 13.0 Å². The molecule has 6 nitrogen and oxygen atoms in total. The van der Waals surface area contributed by atoms with E-state index in [-0.39, 0.29) is 30.0 Å². The van der Waals surface area contributed by atoms with Crippen LogP contribution >= 0.6 is 0 Å². The van der Waals surface area contributed by atoms with Gasteiger partial charge in [-0.15, -0.1) is 0 Å². The molecule has 0 aliphatic carbocycles. The lowest BCUT2D eigenvalue weighted by Gasteiger charge is -2.18. The van der Waals surface area contributed by atoms with E-state index in [2.05, 4.69) is 5.32 Å². The van der Waals surface area contributed by atoms with Crippen molar-refractivity contribution in [2.45, 2.75) is 19.0 Å². The van der Waals surface area contributed by atoms with E-state index in [1.165, 1.54) is 0 Å². The summed E-state index contributed by atoms with van der Waals surface area (Å²) in [5.41, 5.74) is 1.05. The fraction of sp³-hybridized carbons (Fsp3) is 0.533. The highest BCUT2D eigenvalue weighted by Gasteiger charge is 2.28. The topological polar surface area (TPSA) is 75.7 Å². The maximum absolute atomic E-state index is 12.0. The summed E-state index contributed by atoms with van der Waals surface area (Å²) in [7, 11) is 0.501. The monoisotopic (exact) mass is 326 g/mol. The number of ether oxygens (including phenoxy) is 1. The summed E-state index contributed by atoms with van der Waals surface area (Å²) in [6, 6.07) is 7.43. The van der Waals surface area contributed by atoms with Crippen molar-refractivity contribution in [1.82, 2.24) is 10.2 Å². The van der Waals surface area contributed by atoms with Gasteiger partial charge in [0.25, 0.3) is 0 Å². The largest absolute Gasteiger partial charge is 0.497 e. The lowest BCUT2D eigenvalue weighted by Crippen LogP contribution is -2.41. The van der Waals surface area contributed by atoms with Crippen LogP contribution in [-0.4, -0.2) is 57.5 Å². The van der Waals surface area contributed by atoms with Crippen LogP contribution in [0.2, 0.25) is 0 Å². The Balaban J connectivity index is 1.81. The number of rotatable bonds is 6. The van der Waals surface area contributed by atoms with Gasteiger partial charge in [0.1, 0.15) is 5.75 Å². The second-order valence-electron chi connectivity index (χ2n) is 5.69. The average Bonchev–Trinajstić information content (AvgIpc) is 2.77. The van der Waals surface area contributed by atoms with E-state index < -0.39 is 9.84 Å². The molecule has 1 aliphatic heterocycles. The molecular weight excluding hydrogens is 304 g/mol. The van der Waals surface area contributed by atoms with E-state index >= 15 is 0 Å². The molecule has 0 saturated carbocycles. The zero-order chi connectivity index (χ0) is 16.2. The van der Waals surface area contributed by atoms with Crippen LogP contribution in [-0.2, 0) is 21.2 Å². The van der Waals surface area contributed by atoms with Gasteiger partial charge in [-0.3, -0.25) is 9.69 Å². The first kappa shape index (κ1) is 16.8. The van der Waals surface area contributed by atoms with Crippen molar-refractivity contribution in [3.63, 3.8) is 0 Å². The van der Waals surface area contributed by atoms with Gasteiger partial charge in [0.05, 0.1) is 25.2 Å². The average molecular weight is 326 g/mol. The van der Waals surface area contributed by atoms with E-state index in [4.69, 9.17) is 4.74 Å². The zero-order valence-electron chi connectivity index (χ0n) is 12.9. The van der Waals surface area contributed by atoms with Gasteiger partial charge in [-0.1, -0.05) is 12.1 Å². The SMILES string of the molecule is COc1cccc(CN(C)CC(=O)NC2CCS(=O)(=O)C2)c1. The van der Waals surface area contributed by atoms with Gasteiger partial charge in [-0.2, -0.15) is 0 Å². The summed E-state index contributed by atoms with van der Waals surface area (Å²) < 4.78 is 27.9. The first-order chi connectivity index (χ1) is 10.4. The number of sulfone groups is 1. The van der Waals surface area contributed by atoms with Crippen LogP contribution in [0.3, 0.4) is 0 Å². The van der Waals surface area contributed by atoms with Crippen molar-refractivity contribution in [3.05, 3.63) is 29.8 Å². The van der Waals surface area contributed by atoms with Crippen LogP contribution in [0.1, 0.15) is 12.0 Å². The fourth-order valence-corrected chi connectivity index (χ4v) is 4.24. The van der Waals surface area contributed by atoms with Crippen molar-refractivity contribution < 1.29 is 17.9 Å². The zero-order valence-corrected chi connectivity index (χ0v) is 13.7. The van der Waals surface area contributed by atoms with Crippen molar-refractivity contribution in [1.29, 1.82) is 0 Å². The van der Waals surface area contributed by atoms with Gasteiger partial charge in [-0.05, 0) is 31.2 Å². The normalized spacial score (nSPS) is 20.0. The maximum Gasteiger partial charge on any atom is 0.234 e. The molecule has 1 atom stereocenters. The number of carbonyl (C=O) groups is 1. The summed E-state index contributed by atoms with van der Waals surface area (Å²) in [6.45, 7) is 0.849. The molecule has 1 aromatic carbocycles. The molecule has 7 heteroatoms. The molecule has 1 heterocycles. The van der Waals surface area contributed by atoms with Gasteiger partial charge >= 0.3 is 0 Å².